The van der Waals surface area contributed by atoms with Crippen molar-refractivity contribution in [1.82, 2.24) is 20.3 Å². The van der Waals surface area contributed by atoms with E-state index in [1.54, 1.807) is 0 Å². The van der Waals surface area contributed by atoms with E-state index in [1.807, 2.05) is 24.5 Å². The van der Waals surface area contributed by atoms with E-state index in [-0.39, 0.29) is 5.91 Å². The lowest BCUT2D eigenvalue weighted by molar-refractivity contribution is 0.0966. The number of pyridine rings is 2. The molecule has 6 heteroatoms. The number of piperidine rings is 1. The molecule has 0 atom stereocenters. The smallest absolute Gasteiger partial charge is 0.255 e. The highest BCUT2D eigenvalue weighted by atomic mass is 16.1. The van der Waals surface area contributed by atoms with Crippen LogP contribution >= 0.6 is 0 Å². The van der Waals surface area contributed by atoms with E-state index in [0.717, 1.165) is 48.5 Å². The molecule has 5 rings (SSSR count). The molecule has 0 spiro atoms. The SMILES string of the molecule is O=C1NCc2nccc(N3CCC(c4c[nH]c5ncccc45)CC3)c21. The molecule has 0 aliphatic carbocycles. The highest BCUT2D eigenvalue weighted by Gasteiger charge is 2.29. The second kappa shape index (κ2) is 5.58. The number of nitrogens with one attached hydrogen (secondary N) is 2. The van der Waals surface area contributed by atoms with E-state index in [4.69, 9.17) is 0 Å². The number of carbonyl (C=O) groups excluding carboxylic acids is 1. The normalized spacial score (nSPS) is 17.8. The highest BCUT2D eigenvalue weighted by molar-refractivity contribution is 6.03. The first kappa shape index (κ1) is 14.5. The van der Waals surface area contributed by atoms with Crippen LogP contribution in [-0.4, -0.2) is 33.9 Å². The monoisotopic (exact) mass is 333 g/mol. The number of fused-ring (bicyclic) bond motifs is 2. The number of rotatable bonds is 2. The first-order valence-electron chi connectivity index (χ1n) is 8.74. The van der Waals surface area contributed by atoms with Crippen molar-refractivity contribution >= 4 is 22.6 Å². The molecular weight excluding hydrogens is 314 g/mol. The van der Waals surface area contributed by atoms with Crippen LogP contribution in [0.3, 0.4) is 0 Å². The van der Waals surface area contributed by atoms with Crippen LogP contribution in [0.5, 0.6) is 0 Å². The van der Waals surface area contributed by atoms with Gasteiger partial charge in [0.15, 0.2) is 0 Å². The summed E-state index contributed by atoms with van der Waals surface area (Å²) in [5.74, 6) is 0.529. The number of amides is 1. The molecule has 0 aromatic carbocycles. The lowest BCUT2D eigenvalue weighted by atomic mass is 9.89. The zero-order valence-electron chi connectivity index (χ0n) is 13.8. The van der Waals surface area contributed by atoms with Crippen molar-refractivity contribution in [3.63, 3.8) is 0 Å². The van der Waals surface area contributed by atoms with Crippen LogP contribution in [0.2, 0.25) is 0 Å². The fraction of sp³-hybridized carbons (Fsp3) is 0.316. The Morgan fingerprint density at radius 1 is 1.12 bits per heavy atom. The first-order valence-corrected chi connectivity index (χ1v) is 8.74. The predicted octanol–water partition coefficient (Wildman–Crippen LogP) is 2.59. The van der Waals surface area contributed by atoms with Gasteiger partial charge in [0, 0.05) is 37.1 Å². The number of aromatic amines is 1. The number of nitrogens with zero attached hydrogens (tertiary/aromatic N) is 3. The first-order chi connectivity index (χ1) is 12.3. The van der Waals surface area contributed by atoms with Crippen molar-refractivity contribution in [2.45, 2.75) is 25.3 Å². The zero-order chi connectivity index (χ0) is 16.8. The van der Waals surface area contributed by atoms with Gasteiger partial charge in [-0.15, -0.1) is 0 Å². The molecule has 3 aromatic heterocycles. The third kappa shape index (κ3) is 2.28. The van der Waals surface area contributed by atoms with E-state index in [9.17, 15) is 4.79 Å². The van der Waals surface area contributed by atoms with Gasteiger partial charge < -0.3 is 15.2 Å². The van der Waals surface area contributed by atoms with E-state index < -0.39 is 0 Å². The molecular formula is C19H19N5O. The van der Waals surface area contributed by atoms with Crippen molar-refractivity contribution in [3.8, 4) is 0 Å². The van der Waals surface area contributed by atoms with E-state index >= 15 is 0 Å². The Labute approximate surface area is 145 Å². The zero-order valence-corrected chi connectivity index (χ0v) is 13.8. The molecule has 0 radical (unpaired) electrons. The molecule has 126 valence electrons. The van der Waals surface area contributed by atoms with E-state index in [1.165, 1.54) is 10.9 Å². The molecule has 2 aliphatic rings. The Balaban J connectivity index is 1.39. The summed E-state index contributed by atoms with van der Waals surface area (Å²) in [5, 5.41) is 4.10. The van der Waals surface area contributed by atoms with Gasteiger partial charge in [0.1, 0.15) is 5.65 Å². The largest absolute Gasteiger partial charge is 0.371 e. The van der Waals surface area contributed by atoms with Gasteiger partial charge in [-0.2, -0.15) is 0 Å². The summed E-state index contributed by atoms with van der Waals surface area (Å²) in [6, 6.07) is 6.11. The minimum Gasteiger partial charge on any atom is -0.371 e. The maximum absolute atomic E-state index is 12.1. The summed E-state index contributed by atoms with van der Waals surface area (Å²) >= 11 is 0. The Bertz CT molecular complexity index is 955. The molecule has 5 heterocycles. The van der Waals surface area contributed by atoms with Crippen molar-refractivity contribution in [2.75, 3.05) is 18.0 Å². The van der Waals surface area contributed by atoms with Gasteiger partial charge in [-0.3, -0.25) is 9.78 Å². The van der Waals surface area contributed by atoms with Crippen LogP contribution < -0.4 is 10.2 Å². The summed E-state index contributed by atoms with van der Waals surface area (Å²) < 4.78 is 0. The minimum absolute atomic E-state index is 0.00271. The lowest BCUT2D eigenvalue weighted by Gasteiger charge is -2.34. The van der Waals surface area contributed by atoms with Gasteiger partial charge in [-0.25, -0.2) is 4.98 Å². The van der Waals surface area contributed by atoms with Crippen LogP contribution in [0, 0.1) is 0 Å². The number of H-pyrrole nitrogens is 1. The second-order valence-electron chi connectivity index (χ2n) is 6.74. The molecule has 0 saturated carbocycles. The summed E-state index contributed by atoms with van der Waals surface area (Å²) in [6.45, 7) is 2.43. The topological polar surface area (TPSA) is 73.9 Å². The molecule has 1 saturated heterocycles. The standard InChI is InChI=1S/C19H19N5O/c25-19-17-15(11-23-19)20-7-3-16(17)24-8-4-12(5-9-24)14-10-22-18-13(14)2-1-6-21-18/h1-3,6-7,10,12H,4-5,8-9,11H2,(H,21,22)(H,23,25). The van der Waals surface area contributed by atoms with Gasteiger partial charge in [0.25, 0.3) is 5.91 Å². The van der Waals surface area contributed by atoms with Gasteiger partial charge in [0.05, 0.1) is 23.5 Å². The minimum atomic E-state index is 0.00271. The fourth-order valence-corrected chi connectivity index (χ4v) is 4.14. The van der Waals surface area contributed by atoms with Crippen LogP contribution in [0.25, 0.3) is 11.0 Å². The summed E-state index contributed by atoms with van der Waals surface area (Å²) in [6.07, 6.45) is 7.88. The lowest BCUT2D eigenvalue weighted by Crippen LogP contribution is -2.34. The van der Waals surface area contributed by atoms with Crippen LogP contribution in [0.4, 0.5) is 5.69 Å². The van der Waals surface area contributed by atoms with Crippen LogP contribution in [0.15, 0.2) is 36.8 Å². The molecule has 1 fully saturated rings. The van der Waals surface area contributed by atoms with Crippen molar-refractivity contribution in [2.24, 2.45) is 0 Å². The number of carbonyl (C=O) groups is 1. The third-order valence-corrected chi connectivity index (χ3v) is 5.41. The molecule has 2 aliphatic heterocycles. The maximum Gasteiger partial charge on any atom is 0.255 e. The fourth-order valence-electron chi connectivity index (χ4n) is 4.14. The van der Waals surface area contributed by atoms with Crippen LogP contribution in [-0.2, 0) is 6.54 Å². The summed E-state index contributed by atoms with van der Waals surface area (Å²) in [5.41, 5.74) is 4.98. The Hall–Kier alpha value is -2.89. The number of hydrogen-bond acceptors (Lipinski definition) is 4. The number of hydrogen-bond donors (Lipinski definition) is 2. The summed E-state index contributed by atoms with van der Waals surface area (Å²) in [7, 11) is 0. The second-order valence-corrected chi connectivity index (χ2v) is 6.74. The third-order valence-electron chi connectivity index (χ3n) is 5.41. The van der Waals surface area contributed by atoms with Crippen LogP contribution in [0.1, 0.15) is 40.4 Å². The van der Waals surface area contributed by atoms with Gasteiger partial charge in [-0.05, 0) is 42.5 Å². The highest BCUT2D eigenvalue weighted by Crippen LogP contribution is 2.35. The van der Waals surface area contributed by atoms with Crippen molar-refractivity contribution < 1.29 is 4.79 Å². The van der Waals surface area contributed by atoms with Crippen molar-refractivity contribution in [3.05, 3.63) is 53.6 Å². The molecule has 0 bridgehead atoms. The quantitative estimate of drug-likeness (QED) is 0.756. The molecule has 25 heavy (non-hydrogen) atoms. The summed E-state index contributed by atoms with van der Waals surface area (Å²) in [4.78, 5) is 26.5. The predicted molar refractivity (Wildman–Crippen MR) is 95.7 cm³/mol. The Kier molecular flexibility index (Phi) is 3.23. The number of anilines is 1. The van der Waals surface area contributed by atoms with E-state index in [0.29, 0.717) is 12.5 Å². The Morgan fingerprint density at radius 2 is 2.00 bits per heavy atom. The maximum atomic E-state index is 12.1. The average Bonchev–Trinajstić information content (AvgIpc) is 3.26. The molecule has 6 nitrogen and oxygen atoms in total. The molecule has 2 N–H and O–H groups in total. The van der Waals surface area contributed by atoms with E-state index in [2.05, 4.69) is 37.4 Å². The molecule has 0 unspecified atom stereocenters. The van der Waals surface area contributed by atoms with Crippen molar-refractivity contribution in [1.29, 1.82) is 0 Å². The average molecular weight is 333 g/mol. The van der Waals surface area contributed by atoms with Gasteiger partial charge >= 0.3 is 0 Å². The Morgan fingerprint density at radius 3 is 2.88 bits per heavy atom. The van der Waals surface area contributed by atoms with Gasteiger partial charge in [-0.1, -0.05) is 0 Å². The van der Waals surface area contributed by atoms with Gasteiger partial charge in [0.2, 0.25) is 0 Å². The molecule has 1 amide bonds. The number of aromatic nitrogens is 3. The molecule has 3 aromatic rings.